The highest BCUT2D eigenvalue weighted by atomic mass is 31.1. The van der Waals surface area contributed by atoms with Crippen LogP contribution in [-0.2, 0) is 0 Å². The van der Waals surface area contributed by atoms with Crippen LogP contribution in [0, 0.1) is 11.8 Å². The molecule has 0 fully saturated rings. The van der Waals surface area contributed by atoms with E-state index >= 15 is 0 Å². The van der Waals surface area contributed by atoms with Crippen molar-refractivity contribution in [1.82, 2.24) is 0 Å². The van der Waals surface area contributed by atoms with Gasteiger partial charge in [-0.1, -0.05) is 60.8 Å². The Balaban J connectivity index is 4.22. The van der Waals surface area contributed by atoms with Crippen LogP contribution in [0.1, 0.15) is 60.8 Å². The molecule has 0 rings (SSSR count). The normalized spacial score (nSPS) is 21.8. The van der Waals surface area contributed by atoms with Crippen LogP contribution in [0.15, 0.2) is 0 Å². The lowest BCUT2D eigenvalue weighted by atomic mass is 10.0. The minimum Gasteiger partial charge on any atom is -0.104 e. The van der Waals surface area contributed by atoms with Gasteiger partial charge in [0, 0.05) is 0 Å². The van der Waals surface area contributed by atoms with Gasteiger partial charge in [0.25, 0.3) is 0 Å². The van der Waals surface area contributed by atoms with Gasteiger partial charge in [-0.3, -0.25) is 0 Å². The summed E-state index contributed by atoms with van der Waals surface area (Å²) >= 11 is 0. The lowest BCUT2D eigenvalue weighted by Gasteiger charge is -2.34. The largest absolute Gasteiger partial charge is 0.104 e. The first-order chi connectivity index (χ1) is 6.95. The van der Waals surface area contributed by atoms with E-state index in [9.17, 15) is 0 Å². The molecule has 5 atom stereocenters. The second-order valence-electron chi connectivity index (χ2n) is 5.30. The number of hydrogen-bond acceptors (Lipinski definition) is 0. The van der Waals surface area contributed by atoms with Crippen molar-refractivity contribution in [3.63, 3.8) is 0 Å². The Labute approximate surface area is 99.0 Å². The number of rotatable bonds is 7. The zero-order chi connectivity index (χ0) is 12.0. The maximum absolute atomic E-state index is 2.52. The average Bonchev–Trinajstić information content (AvgIpc) is 2.25. The molecule has 0 nitrogen and oxygen atoms in total. The lowest BCUT2D eigenvalue weighted by Crippen LogP contribution is -2.21. The Bertz CT molecular complexity index is 155. The van der Waals surface area contributed by atoms with Crippen LogP contribution in [0.25, 0.3) is 0 Å². The summed E-state index contributed by atoms with van der Waals surface area (Å²) in [4.78, 5) is 0. The fourth-order valence-corrected chi connectivity index (χ4v) is 4.92. The third-order valence-electron chi connectivity index (χ3n) is 4.32. The van der Waals surface area contributed by atoms with Gasteiger partial charge in [-0.15, -0.1) is 7.92 Å². The molecule has 0 bridgehead atoms. The van der Waals surface area contributed by atoms with Gasteiger partial charge in [0.05, 0.1) is 0 Å². The van der Waals surface area contributed by atoms with E-state index in [1.54, 1.807) is 0 Å². The van der Waals surface area contributed by atoms with Crippen LogP contribution in [0.4, 0.5) is 0 Å². The molecule has 0 aliphatic carbocycles. The molecule has 5 unspecified atom stereocenters. The summed E-state index contributed by atoms with van der Waals surface area (Å²) in [5.74, 6) is 1.81. The van der Waals surface area contributed by atoms with Crippen LogP contribution < -0.4 is 0 Å². The van der Waals surface area contributed by atoms with E-state index in [0.29, 0.717) is 0 Å². The summed E-state index contributed by atoms with van der Waals surface area (Å²) in [5.41, 5.74) is 1.86. The second kappa shape index (κ2) is 7.66. The minimum absolute atomic E-state index is 0.201. The van der Waals surface area contributed by atoms with Gasteiger partial charge in [-0.05, 0) is 29.8 Å². The Morgan fingerprint density at radius 3 is 1.73 bits per heavy atom. The first-order valence-corrected chi connectivity index (χ1v) is 8.60. The van der Waals surface area contributed by atoms with Crippen molar-refractivity contribution in [3.05, 3.63) is 0 Å². The van der Waals surface area contributed by atoms with Crippen molar-refractivity contribution < 1.29 is 0 Å². The molecule has 0 saturated carbocycles. The fourth-order valence-electron chi connectivity index (χ4n) is 2.21. The summed E-state index contributed by atoms with van der Waals surface area (Å²) in [5, 5.41) is 0. The summed E-state index contributed by atoms with van der Waals surface area (Å²) in [7, 11) is 0.201. The maximum atomic E-state index is 2.52. The van der Waals surface area contributed by atoms with Crippen molar-refractivity contribution >= 4 is 7.92 Å². The third kappa shape index (κ3) is 4.85. The van der Waals surface area contributed by atoms with Gasteiger partial charge in [-0.25, -0.2) is 0 Å². The molecular weight excluding hydrogens is 199 g/mol. The van der Waals surface area contributed by atoms with Crippen LogP contribution in [0.5, 0.6) is 0 Å². The average molecular weight is 230 g/mol. The Morgan fingerprint density at radius 1 is 0.867 bits per heavy atom. The van der Waals surface area contributed by atoms with Gasteiger partial charge in [0.2, 0.25) is 0 Å². The topological polar surface area (TPSA) is 0 Å². The zero-order valence-electron chi connectivity index (χ0n) is 11.9. The molecule has 0 aliphatic rings. The van der Waals surface area contributed by atoms with Crippen LogP contribution >= 0.6 is 7.92 Å². The summed E-state index contributed by atoms with van der Waals surface area (Å²) in [6, 6.07) is 0. The highest BCUT2D eigenvalue weighted by molar-refractivity contribution is 7.58. The van der Waals surface area contributed by atoms with E-state index < -0.39 is 0 Å². The van der Waals surface area contributed by atoms with Crippen LogP contribution in [0.3, 0.4) is 0 Å². The highest BCUT2D eigenvalue weighted by Crippen LogP contribution is 2.49. The lowest BCUT2D eigenvalue weighted by molar-refractivity contribution is 0.501. The molecular formula is C14H31P. The molecule has 0 saturated heterocycles. The standard InChI is InChI=1S/C14H31P/c1-8-10-12(4)14(6)15(7)13(5)11(3)9-2/h11-14H,8-10H2,1-7H3. The number of hydrogen-bond donors (Lipinski definition) is 0. The molecule has 0 aromatic carbocycles. The molecule has 92 valence electrons. The van der Waals surface area contributed by atoms with Crippen LogP contribution in [-0.4, -0.2) is 18.0 Å². The Hall–Kier alpha value is 0.430. The second-order valence-corrected chi connectivity index (χ2v) is 8.26. The molecule has 0 aromatic rings. The fraction of sp³-hybridized carbons (Fsp3) is 1.00. The molecule has 0 amide bonds. The predicted molar refractivity (Wildman–Crippen MR) is 75.3 cm³/mol. The maximum Gasteiger partial charge on any atom is -0.0212 e. The smallest absolute Gasteiger partial charge is 0.0212 e. The van der Waals surface area contributed by atoms with Gasteiger partial charge >= 0.3 is 0 Å². The molecule has 0 N–H and O–H groups in total. The van der Waals surface area contributed by atoms with Crippen molar-refractivity contribution in [3.8, 4) is 0 Å². The van der Waals surface area contributed by atoms with Gasteiger partial charge in [0.15, 0.2) is 0 Å². The molecule has 15 heavy (non-hydrogen) atoms. The zero-order valence-corrected chi connectivity index (χ0v) is 12.8. The molecule has 0 radical (unpaired) electrons. The van der Waals surface area contributed by atoms with Crippen LogP contribution in [0.2, 0.25) is 0 Å². The molecule has 0 heterocycles. The van der Waals surface area contributed by atoms with E-state index in [1.165, 1.54) is 19.3 Å². The van der Waals surface area contributed by atoms with E-state index in [1.807, 2.05) is 0 Å². The molecule has 0 aromatic heterocycles. The Morgan fingerprint density at radius 2 is 1.33 bits per heavy atom. The van der Waals surface area contributed by atoms with E-state index in [2.05, 4.69) is 48.2 Å². The SMILES string of the molecule is CCCC(C)C(C)P(C)C(C)C(C)CC. The first kappa shape index (κ1) is 15.4. The van der Waals surface area contributed by atoms with E-state index in [-0.39, 0.29) is 7.92 Å². The van der Waals surface area contributed by atoms with Crippen molar-refractivity contribution in [2.75, 3.05) is 6.66 Å². The van der Waals surface area contributed by atoms with Crippen molar-refractivity contribution in [2.24, 2.45) is 11.8 Å². The predicted octanol–water partition coefficient (Wildman–Crippen LogP) is 5.36. The van der Waals surface area contributed by atoms with E-state index in [4.69, 9.17) is 0 Å². The summed E-state index contributed by atoms with van der Waals surface area (Å²) in [6.45, 7) is 16.9. The van der Waals surface area contributed by atoms with Gasteiger partial charge in [0.1, 0.15) is 0 Å². The van der Waals surface area contributed by atoms with Gasteiger partial charge < -0.3 is 0 Å². The monoisotopic (exact) mass is 230 g/mol. The first-order valence-electron chi connectivity index (χ1n) is 6.67. The third-order valence-corrected chi connectivity index (χ3v) is 7.91. The molecule has 0 spiro atoms. The quantitative estimate of drug-likeness (QED) is 0.517. The molecule has 1 heteroatoms. The van der Waals surface area contributed by atoms with E-state index in [0.717, 1.165) is 23.2 Å². The molecule has 0 aliphatic heterocycles. The van der Waals surface area contributed by atoms with Crippen molar-refractivity contribution in [2.45, 2.75) is 72.1 Å². The van der Waals surface area contributed by atoms with Gasteiger partial charge in [-0.2, -0.15) is 0 Å². The van der Waals surface area contributed by atoms with Crippen molar-refractivity contribution in [1.29, 1.82) is 0 Å². The summed E-state index contributed by atoms with van der Waals surface area (Å²) < 4.78 is 0. The Kier molecular flexibility index (Phi) is 7.88. The summed E-state index contributed by atoms with van der Waals surface area (Å²) in [6.07, 6.45) is 4.08. The minimum atomic E-state index is 0.201. The highest BCUT2D eigenvalue weighted by Gasteiger charge is 2.25.